The second kappa shape index (κ2) is 11.7. The molecule has 0 saturated heterocycles. The van der Waals surface area contributed by atoms with Crippen LogP contribution in [0.2, 0.25) is 0 Å². The third-order valence-electron chi connectivity index (χ3n) is 12.1. The van der Waals surface area contributed by atoms with E-state index in [2.05, 4.69) is 176 Å². The number of benzene rings is 10. The van der Waals surface area contributed by atoms with Crippen LogP contribution in [0, 0.1) is 0 Å². The monoisotopic (exact) mass is 742 g/mol. The molecule has 0 fully saturated rings. The lowest BCUT2D eigenvalue weighted by molar-refractivity contribution is 0.669. The molecular weight excluding hydrogens is 713 g/mol. The van der Waals surface area contributed by atoms with Crippen molar-refractivity contribution in [3.63, 3.8) is 0 Å². The minimum atomic E-state index is 0.889. The van der Waals surface area contributed by atoms with Gasteiger partial charge in [0.15, 0.2) is 0 Å². The van der Waals surface area contributed by atoms with Crippen molar-refractivity contribution >= 4 is 108 Å². The van der Waals surface area contributed by atoms with Gasteiger partial charge in [-0.25, -0.2) is 0 Å². The Morgan fingerprint density at radius 1 is 0.281 bits per heavy atom. The minimum absolute atomic E-state index is 0.889. The second-order valence-electron chi connectivity index (χ2n) is 15.1. The van der Waals surface area contributed by atoms with E-state index < -0.39 is 0 Å². The molecule has 0 bridgehead atoms. The van der Waals surface area contributed by atoms with Crippen LogP contribution in [0.5, 0.6) is 0 Å². The Labute approximate surface area is 330 Å². The number of furan rings is 2. The van der Waals surface area contributed by atoms with Crippen LogP contribution in [0.15, 0.2) is 191 Å². The highest BCUT2D eigenvalue weighted by atomic mass is 32.1. The number of para-hydroxylation sites is 1. The number of fused-ring (bicyclic) bond motifs is 14. The fraction of sp³-hybridized carbons (Fsp3) is 0. The number of rotatable bonds is 3. The van der Waals surface area contributed by atoms with Crippen LogP contribution in [0.3, 0.4) is 0 Å². The summed E-state index contributed by atoms with van der Waals surface area (Å²) in [6, 6.07) is 65.8. The Bertz CT molecular complexity index is 3750. The lowest BCUT2D eigenvalue weighted by atomic mass is 9.86. The van der Waals surface area contributed by atoms with E-state index in [4.69, 9.17) is 8.83 Å². The average Bonchev–Trinajstić information content (AvgIpc) is 3.96. The van der Waals surface area contributed by atoms with E-state index in [-0.39, 0.29) is 0 Å². The van der Waals surface area contributed by atoms with Gasteiger partial charge in [0.05, 0.1) is 0 Å². The zero-order valence-corrected chi connectivity index (χ0v) is 31.4. The lowest BCUT2D eigenvalue weighted by Crippen LogP contribution is -1.90. The van der Waals surface area contributed by atoms with Gasteiger partial charge < -0.3 is 8.83 Å². The molecule has 3 aromatic heterocycles. The van der Waals surface area contributed by atoms with Gasteiger partial charge in [-0.2, -0.15) is 0 Å². The van der Waals surface area contributed by atoms with Crippen molar-refractivity contribution in [3.8, 4) is 33.4 Å². The van der Waals surface area contributed by atoms with Crippen molar-refractivity contribution in [3.05, 3.63) is 182 Å². The van der Waals surface area contributed by atoms with Crippen LogP contribution >= 0.6 is 11.3 Å². The summed E-state index contributed by atoms with van der Waals surface area (Å²) in [4.78, 5) is 0. The maximum absolute atomic E-state index is 6.82. The first-order chi connectivity index (χ1) is 28.3. The van der Waals surface area contributed by atoms with Crippen LogP contribution < -0.4 is 0 Å². The average molecular weight is 743 g/mol. The van der Waals surface area contributed by atoms with Gasteiger partial charge in [-0.15, -0.1) is 11.3 Å². The predicted molar refractivity (Wildman–Crippen MR) is 243 cm³/mol. The maximum Gasteiger partial charge on any atom is 0.136 e. The Hall–Kier alpha value is -7.20. The molecule has 13 rings (SSSR count). The summed E-state index contributed by atoms with van der Waals surface area (Å²) >= 11 is 1.87. The van der Waals surface area contributed by atoms with Crippen molar-refractivity contribution in [2.24, 2.45) is 0 Å². The van der Waals surface area contributed by atoms with E-state index >= 15 is 0 Å². The second-order valence-corrected chi connectivity index (χ2v) is 16.1. The molecule has 0 N–H and O–H groups in total. The molecule has 0 amide bonds. The third kappa shape index (κ3) is 4.40. The summed E-state index contributed by atoms with van der Waals surface area (Å²) in [5, 5.41) is 14.6. The summed E-state index contributed by atoms with van der Waals surface area (Å²) in [5.41, 5.74) is 10.9. The van der Waals surface area contributed by atoms with Crippen LogP contribution in [-0.2, 0) is 0 Å². The zero-order chi connectivity index (χ0) is 37.2. The summed E-state index contributed by atoms with van der Waals surface area (Å²) in [6.07, 6.45) is 0. The molecule has 0 aliphatic rings. The van der Waals surface area contributed by atoms with Crippen LogP contribution in [0.1, 0.15) is 0 Å². The van der Waals surface area contributed by atoms with Gasteiger partial charge in [0, 0.05) is 47.1 Å². The van der Waals surface area contributed by atoms with E-state index in [1.807, 2.05) is 17.4 Å². The van der Waals surface area contributed by atoms with Crippen molar-refractivity contribution in [1.82, 2.24) is 0 Å². The van der Waals surface area contributed by atoms with Crippen molar-refractivity contribution in [1.29, 1.82) is 0 Å². The molecule has 3 heterocycles. The smallest absolute Gasteiger partial charge is 0.136 e. The van der Waals surface area contributed by atoms with Gasteiger partial charge in [-0.1, -0.05) is 133 Å². The molecule has 264 valence electrons. The van der Waals surface area contributed by atoms with Crippen LogP contribution in [0.25, 0.3) is 130 Å². The van der Waals surface area contributed by atoms with E-state index in [0.717, 1.165) is 44.2 Å². The Morgan fingerprint density at radius 2 is 0.789 bits per heavy atom. The summed E-state index contributed by atoms with van der Waals surface area (Å²) < 4.78 is 15.7. The quantitative estimate of drug-likeness (QED) is 0.169. The first-order valence-electron chi connectivity index (χ1n) is 19.4. The highest BCUT2D eigenvalue weighted by molar-refractivity contribution is 7.27. The first-order valence-corrected chi connectivity index (χ1v) is 20.2. The van der Waals surface area contributed by atoms with Crippen LogP contribution in [-0.4, -0.2) is 0 Å². The molecule has 3 heteroatoms. The number of hydrogen-bond acceptors (Lipinski definition) is 3. The fourth-order valence-electron chi connectivity index (χ4n) is 9.56. The number of hydrogen-bond donors (Lipinski definition) is 0. The maximum atomic E-state index is 6.82. The predicted octanol–water partition coefficient (Wildman–Crippen LogP) is 16.3. The SMILES string of the molecule is c1ccc(-c2c3ccccc3c(-c3ccc4c(c3)oc3cc(-c5cc6c7ccc8oc9ccccc9c8c7sc6c6ccccc56)ccc34)c3ccccc23)cc1. The molecule has 0 atom stereocenters. The standard InChI is InChI=1S/C54H30O2S/c1-2-12-31(13-3-1)50-37-15-5-7-17-39(37)51(40-18-8-6-16-38(40)50)33-23-25-36-35-24-22-32(28-48(35)56-49(36)29-33)44-30-45-42-26-27-47-52(43-20-10-11-21-46(43)55-47)54(42)57-53(45)41-19-9-4-14-34(41)44/h1-30H. The van der Waals surface area contributed by atoms with E-state index in [1.54, 1.807) is 0 Å². The molecule has 0 radical (unpaired) electrons. The molecule has 2 nitrogen and oxygen atoms in total. The molecule has 0 saturated carbocycles. The summed E-state index contributed by atoms with van der Waals surface area (Å²) in [5.74, 6) is 0. The molecule has 10 aromatic carbocycles. The first kappa shape index (κ1) is 31.1. The molecule has 0 unspecified atom stereocenters. The molecule has 57 heavy (non-hydrogen) atoms. The summed E-state index contributed by atoms with van der Waals surface area (Å²) in [7, 11) is 0. The minimum Gasteiger partial charge on any atom is -0.456 e. The molecule has 0 aliphatic heterocycles. The van der Waals surface area contributed by atoms with Gasteiger partial charge >= 0.3 is 0 Å². The Morgan fingerprint density at radius 3 is 1.49 bits per heavy atom. The molecule has 0 spiro atoms. The highest BCUT2D eigenvalue weighted by Gasteiger charge is 2.20. The third-order valence-corrected chi connectivity index (χ3v) is 13.3. The van der Waals surface area contributed by atoms with Gasteiger partial charge in [0.1, 0.15) is 22.3 Å². The highest BCUT2D eigenvalue weighted by Crippen LogP contribution is 2.48. The lowest BCUT2D eigenvalue weighted by Gasteiger charge is -2.17. The van der Waals surface area contributed by atoms with Crippen LogP contribution in [0.4, 0.5) is 0 Å². The van der Waals surface area contributed by atoms with Gasteiger partial charge in [0.2, 0.25) is 0 Å². The number of thiophene rings is 1. The van der Waals surface area contributed by atoms with E-state index in [9.17, 15) is 0 Å². The van der Waals surface area contributed by atoms with E-state index in [0.29, 0.717) is 0 Å². The zero-order valence-electron chi connectivity index (χ0n) is 30.5. The Balaban J connectivity index is 1.00. The van der Waals surface area contributed by atoms with Gasteiger partial charge in [0.25, 0.3) is 0 Å². The van der Waals surface area contributed by atoms with E-state index in [1.165, 1.54) is 85.5 Å². The fourth-order valence-corrected chi connectivity index (χ4v) is 10.9. The van der Waals surface area contributed by atoms with Gasteiger partial charge in [-0.05, 0) is 109 Å². The molecule has 13 aromatic rings. The van der Waals surface area contributed by atoms with Crippen molar-refractivity contribution < 1.29 is 8.83 Å². The largest absolute Gasteiger partial charge is 0.456 e. The van der Waals surface area contributed by atoms with Crippen molar-refractivity contribution in [2.45, 2.75) is 0 Å². The molecule has 0 aliphatic carbocycles. The van der Waals surface area contributed by atoms with Gasteiger partial charge in [-0.3, -0.25) is 0 Å². The molecular formula is C54H30O2S. The Kier molecular flexibility index (Phi) is 6.35. The topological polar surface area (TPSA) is 26.3 Å². The van der Waals surface area contributed by atoms with Crippen molar-refractivity contribution in [2.75, 3.05) is 0 Å². The summed E-state index contributed by atoms with van der Waals surface area (Å²) in [6.45, 7) is 0. The normalized spacial score (nSPS) is 12.2.